The van der Waals surface area contributed by atoms with E-state index in [1.54, 1.807) is 12.1 Å². The summed E-state index contributed by atoms with van der Waals surface area (Å²) < 4.78 is 0. The second-order valence-electron chi connectivity index (χ2n) is 5.18. The number of phenols is 5. The van der Waals surface area contributed by atoms with Crippen LogP contribution in [0.25, 0.3) is 0 Å². The van der Waals surface area contributed by atoms with Gasteiger partial charge in [-0.05, 0) is 17.7 Å². The molecule has 2 aromatic carbocycles. The second-order valence-corrected chi connectivity index (χ2v) is 5.18. The molecule has 2 aromatic rings. The number of rotatable bonds is 1. The molecule has 0 amide bonds. The van der Waals surface area contributed by atoms with Crippen molar-refractivity contribution in [3.63, 3.8) is 0 Å². The lowest BCUT2D eigenvalue weighted by Crippen LogP contribution is -1.99. The molecule has 0 saturated heterocycles. The molecule has 0 radical (unpaired) electrons. The first-order valence-electron chi connectivity index (χ1n) is 6.44. The van der Waals surface area contributed by atoms with Gasteiger partial charge in [0.1, 0.15) is 0 Å². The van der Waals surface area contributed by atoms with Gasteiger partial charge in [-0.2, -0.15) is 0 Å². The van der Waals surface area contributed by atoms with Crippen molar-refractivity contribution >= 4 is 11.5 Å². The second kappa shape index (κ2) is 4.45. The van der Waals surface area contributed by atoms with Gasteiger partial charge in [-0.15, -0.1) is 0 Å². The van der Waals surface area contributed by atoms with Crippen molar-refractivity contribution in [1.29, 1.82) is 0 Å². The van der Waals surface area contributed by atoms with Crippen LogP contribution in [-0.4, -0.2) is 31.3 Å². The Morgan fingerprint density at radius 1 is 0.909 bits per heavy atom. The van der Waals surface area contributed by atoms with Gasteiger partial charge in [0.25, 0.3) is 0 Å². The molecular formula is C15H13NO6. The van der Waals surface area contributed by atoms with Crippen LogP contribution in [0.5, 0.6) is 28.7 Å². The average molecular weight is 303 g/mol. The van der Waals surface area contributed by atoms with Gasteiger partial charge in [-0.25, -0.2) is 0 Å². The Hall–Kier alpha value is -3.09. The molecule has 3 rings (SSSR count). The van der Waals surface area contributed by atoms with E-state index in [4.69, 9.17) is 5.73 Å². The fraction of sp³-hybridized carbons (Fsp3) is 0.133. The van der Waals surface area contributed by atoms with Crippen LogP contribution in [-0.2, 0) is 0 Å². The highest BCUT2D eigenvalue weighted by molar-refractivity contribution is 6.03. The Morgan fingerprint density at radius 2 is 1.45 bits per heavy atom. The summed E-state index contributed by atoms with van der Waals surface area (Å²) in [6.07, 6.45) is -0.0659. The van der Waals surface area contributed by atoms with Gasteiger partial charge in [0.2, 0.25) is 17.2 Å². The van der Waals surface area contributed by atoms with Crippen LogP contribution >= 0.6 is 0 Å². The number of hydrogen-bond acceptors (Lipinski definition) is 7. The first kappa shape index (κ1) is 13.9. The minimum Gasteiger partial charge on any atom is -0.504 e. The first-order chi connectivity index (χ1) is 10.3. The largest absolute Gasteiger partial charge is 0.504 e. The number of aromatic hydroxyl groups is 5. The van der Waals surface area contributed by atoms with Crippen molar-refractivity contribution in [2.45, 2.75) is 12.3 Å². The highest BCUT2D eigenvalue weighted by Gasteiger charge is 2.36. The highest BCUT2D eigenvalue weighted by atomic mass is 16.4. The number of anilines is 1. The number of ketones is 1. The molecule has 1 atom stereocenters. The Labute approximate surface area is 124 Å². The molecule has 1 aliphatic rings. The smallest absolute Gasteiger partial charge is 0.208 e. The summed E-state index contributed by atoms with van der Waals surface area (Å²) in [4.78, 5) is 12.1. The molecule has 0 bridgehead atoms. The van der Waals surface area contributed by atoms with Crippen molar-refractivity contribution in [2.75, 3.05) is 5.73 Å². The van der Waals surface area contributed by atoms with E-state index in [9.17, 15) is 30.3 Å². The summed E-state index contributed by atoms with van der Waals surface area (Å²) in [7, 11) is 0. The average Bonchev–Trinajstić information content (AvgIpc) is 2.80. The highest BCUT2D eigenvalue weighted by Crippen LogP contribution is 2.56. The summed E-state index contributed by atoms with van der Waals surface area (Å²) in [6.45, 7) is 0. The molecule has 0 aromatic heterocycles. The van der Waals surface area contributed by atoms with Gasteiger partial charge in [-0.1, -0.05) is 6.07 Å². The normalized spacial score (nSPS) is 16.7. The van der Waals surface area contributed by atoms with Gasteiger partial charge in [-0.3, -0.25) is 4.79 Å². The molecule has 7 heteroatoms. The SMILES string of the molecule is Nc1ccc2c(c1)C(=O)CC2c1c(O)c(O)c(O)c(O)c1O. The van der Waals surface area contributed by atoms with Crippen LogP contribution in [0.4, 0.5) is 5.69 Å². The Morgan fingerprint density at radius 3 is 2.05 bits per heavy atom. The zero-order chi connectivity index (χ0) is 16.2. The molecule has 22 heavy (non-hydrogen) atoms. The third-order valence-corrected chi connectivity index (χ3v) is 3.90. The number of nitrogens with two attached hydrogens (primary N) is 1. The number of fused-ring (bicyclic) bond motifs is 1. The zero-order valence-electron chi connectivity index (χ0n) is 11.2. The Kier molecular flexibility index (Phi) is 2.81. The molecule has 114 valence electrons. The van der Waals surface area contributed by atoms with Gasteiger partial charge < -0.3 is 31.3 Å². The van der Waals surface area contributed by atoms with Crippen LogP contribution in [0.3, 0.4) is 0 Å². The van der Waals surface area contributed by atoms with E-state index in [0.29, 0.717) is 16.8 Å². The van der Waals surface area contributed by atoms with Gasteiger partial charge in [0.15, 0.2) is 17.3 Å². The van der Waals surface area contributed by atoms with E-state index >= 15 is 0 Å². The molecule has 1 unspecified atom stereocenters. The van der Waals surface area contributed by atoms with Crippen LogP contribution in [0.2, 0.25) is 0 Å². The number of hydrogen-bond donors (Lipinski definition) is 6. The van der Waals surface area contributed by atoms with E-state index in [1.165, 1.54) is 6.07 Å². The monoisotopic (exact) mass is 303 g/mol. The maximum absolute atomic E-state index is 12.1. The Bertz CT molecular complexity index is 785. The van der Waals surface area contributed by atoms with Crippen LogP contribution in [0.15, 0.2) is 18.2 Å². The van der Waals surface area contributed by atoms with E-state index < -0.39 is 34.7 Å². The summed E-state index contributed by atoms with van der Waals surface area (Å²) in [5.74, 6) is -5.51. The maximum atomic E-state index is 12.1. The first-order valence-corrected chi connectivity index (χ1v) is 6.44. The fourth-order valence-electron chi connectivity index (χ4n) is 2.82. The number of carbonyl (C=O) groups is 1. The molecule has 0 aliphatic heterocycles. The van der Waals surface area contributed by atoms with Gasteiger partial charge in [0, 0.05) is 23.6 Å². The summed E-state index contributed by atoms with van der Waals surface area (Å²) in [5.41, 5.74) is 6.69. The molecule has 7 nitrogen and oxygen atoms in total. The van der Waals surface area contributed by atoms with Crippen molar-refractivity contribution in [2.24, 2.45) is 0 Å². The summed E-state index contributed by atoms with van der Waals surface area (Å²) >= 11 is 0. The maximum Gasteiger partial charge on any atom is 0.208 e. The van der Waals surface area contributed by atoms with E-state index in [0.717, 1.165) is 0 Å². The number of phenolic OH excluding ortho intramolecular Hbond substituents is 5. The number of benzene rings is 2. The van der Waals surface area contributed by atoms with E-state index in [2.05, 4.69) is 0 Å². The quantitative estimate of drug-likeness (QED) is 0.266. The molecule has 0 spiro atoms. The predicted molar refractivity (Wildman–Crippen MR) is 76.4 cm³/mol. The Balaban J connectivity index is 2.26. The lowest BCUT2D eigenvalue weighted by atomic mass is 9.90. The van der Waals surface area contributed by atoms with Gasteiger partial charge in [0.05, 0.1) is 5.56 Å². The van der Waals surface area contributed by atoms with E-state index in [-0.39, 0.29) is 17.8 Å². The van der Waals surface area contributed by atoms with Crippen LogP contribution < -0.4 is 5.73 Å². The van der Waals surface area contributed by atoms with Crippen LogP contribution in [0, 0.1) is 0 Å². The standard InChI is InChI=1S/C15H13NO6/c16-5-1-2-6-7(3-5)9(17)4-8(6)10-11(18)13(20)15(22)14(21)12(10)19/h1-3,8,18-22H,4,16H2. The molecule has 0 saturated carbocycles. The minimum atomic E-state index is -1.03. The predicted octanol–water partition coefficient (Wildman–Crippen LogP) is 1.52. The van der Waals surface area contributed by atoms with Gasteiger partial charge >= 0.3 is 0 Å². The number of Topliss-reactive ketones (excluding diaryl/α,β-unsaturated/α-hetero) is 1. The van der Waals surface area contributed by atoms with E-state index in [1.807, 2.05) is 0 Å². The molecule has 0 heterocycles. The van der Waals surface area contributed by atoms with Crippen molar-refractivity contribution in [3.8, 4) is 28.7 Å². The van der Waals surface area contributed by atoms with Crippen molar-refractivity contribution in [3.05, 3.63) is 34.9 Å². The van der Waals surface area contributed by atoms with Crippen molar-refractivity contribution in [1.82, 2.24) is 0 Å². The molecule has 1 aliphatic carbocycles. The number of carbonyl (C=O) groups excluding carboxylic acids is 1. The number of nitrogen functional groups attached to an aromatic ring is 1. The summed E-state index contributed by atoms with van der Waals surface area (Å²) in [6, 6.07) is 4.64. The lowest BCUT2D eigenvalue weighted by molar-refractivity contribution is 0.0991. The zero-order valence-corrected chi connectivity index (χ0v) is 11.2. The van der Waals surface area contributed by atoms with Crippen molar-refractivity contribution < 1.29 is 30.3 Å². The lowest BCUT2D eigenvalue weighted by Gasteiger charge is -2.17. The van der Waals surface area contributed by atoms with Crippen LogP contribution in [0.1, 0.15) is 33.8 Å². The third kappa shape index (κ3) is 1.72. The third-order valence-electron chi connectivity index (χ3n) is 3.90. The fourth-order valence-corrected chi connectivity index (χ4v) is 2.82. The molecular weight excluding hydrogens is 290 g/mol. The molecule has 0 fully saturated rings. The minimum absolute atomic E-state index is 0.0659. The molecule has 7 N–H and O–H groups in total. The topological polar surface area (TPSA) is 144 Å². The summed E-state index contributed by atoms with van der Waals surface area (Å²) in [5, 5.41) is 48.7.